The molecule has 1 heterocycles. The Hall–Kier alpha value is -3.33. The van der Waals surface area contributed by atoms with Crippen LogP contribution in [0, 0.1) is 5.92 Å². The Kier molecular flexibility index (Phi) is 7.04. The molecule has 1 aliphatic rings. The lowest BCUT2D eigenvalue weighted by Crippen LogP contribution is -2.55. The standard InChI is InChI=1S/C23H22F6N2O6S/c1-12(2)20(17-9-8-16(38(3,36)37)10-13(17)11-31(20)19(33)34)18(32)30-15-6-4-14(5-7-15)21(35,22(24,25)26)23(27,28)29/h4-10,12,35H,11H2,1-3H3,(H,30,32)(H,33,34). The molecule has 208 valence electrons. The van der Waals surface area contributed by atoms with Gasteiger partial charge in [-0.15, -0.1) is 0 Å². The minimum absolute atomic E-state index is 0.112. The molecule has 0 spiro atoms. The minimum atomic E-state index is -6.10. The van der Waals surface area contributed by atoms with Gasteiger partial charge >= 0.3 is 18.4 Å². The van der Waals surface area contributed by atoms with Crippen LogP contribution in [0.4, 0.5) is 36.8 Å². The molecule has 2 aromatic rings. The molecule has 0 aromatic heterocycles. The molecule has 1 unspecified atom stereocenters. The van der Waals surface area contributed by atoms with E-state index in [9.17, 15) is 54.6 Å². The number of nitrogens with one attached hydrogen (secondary N) is 1. The number of benzene rings is 2. The smallest absolute Gasteiger partial charge is 0.430 e. The van der Waals surface area contributed by atoms with Crippen molar-refractivity contribution in [1.82, 2.24) is 4.90 Å². The molecule has 2 aromatic carbocycles. The largest absolute Gasteiger partial charge is 0.465 e. The molecule has 1 atom stereocenters. The number of amides is 2. The summed E-state index contributed by atoms with van der Waals surface area (Å²) in [6, 6.07) is 5.83. The number of carbonyl (C=O) groups is 2. The van der Waals surface area contributed by atoms with E-state index in [1.807, 2.05) is 0 Å². The van der Waals surface area contributed by atoms with E-state index >= 15 is 0 Å². The van der Waals surface area contributed by atoms with Gasteiger partial charge in [0, 0.05) is 17.5 Å². The second-order valence-corrected chi connectivity index (χ2v) is 11.1. The first-order valence-corrected chi connectivity index (χ1v) is 12.7. The number of carboxylic acid groups (broad SMARTS) is 1. The number of fused-ring (bicyclic) bond motifs is 1. The Morgan fingerprint density at radius 3 is 1.95 bits per heavy atom. The first kappa shape index (κ1) is 29.2. The monoisotopic (exact) mass is 568 g/mol. The Bertz CT molecular complexity index is 1360. The first-order chi connectivity index (χ1) is 17.2. The molecule has 3 rings (SSSR count). The van der Waals surface area contributed by atoms with Gasteiger partial charge in [-0.2, -0.15) is 26.3 Å². The summed E-state index contributed by atoms with van der Waals surface area (Å²) in [5, 5.41) is 21.8. The van der Waals surface area contributed by atoms with E-state index in [-0.39, 0.29) is 28.3 Å². The molecular formula is C23H22F6N2O6S. The number of rotatable bonds is 5. The number of alkyl halides is 6. The van der Waals surface area contributed by atoms with Crippen LogP contribution in [-0.4, -0.2) is 54.1 Å². The summed E-state index contributed by atoms with van der Waals surface area (Å²) in [7, 11) is -3.67. The van der Waals surface area contributed by atoms with Crippen molar-refractivity contribution in [3.63, 3.8) is 0 Å². The van der Waals surface area contributed by atoms with Crippen molar-refractivity contribution in [2.75, 3.05) is 11.6 Å². The highest BCUT2D eigenvalue weighted by atomic mass is 32.2. The molecule has 2 amide bonds. The number of nitrogens with zero attached hydrogens (tertiary/aromatic N) is 1. The van der Waals surface area contributed by atoms with Crippen LogP contribution in [0.1, 0.15) is 30.5 Å². The van der Waals surface area contributed by atoms with E-state index < -0.39 is 56.8 Å². The van der Waals surface area contributed by atoms with Gasteiger partial charge in [-0.05, 0) is 41.3 Å². The fourth-order valence-corrected chi connectivity index (χ4v) is 5.27. The van der Waals surface area contributed by atoms with Gasteiger partial charge in [-0.3, -0.25) is 9.69 Å². The highest BCUT2D eigenvalue weighted by molar-refractivity contribution is 7.90. The van der Waals surface area contributed by atoms with Crippen LogP contribution in [0.3, 0.4) is 0 Å². The van der Waals surface area contributed by atoms with Crippen molar-refractivity contribution < 1.29 is 54.6 Å². The van der Waals surface area contributed by atoms with Gasteiger partial charge in [0.2, 0.25) is 0 Å². The maximum Gasteiger partial charge on any atom is 0.430 e. The average Bonchev–Trinajstić information content (AvgIpc) is 3.13. The number of aliphatic hydroxyl groups is 1. The molecule has 8 nitrogen and oxygen atoms in total. The van der Waals surface area contributed by atoms with E-state index in [4.69, 9.17) is 0 Å². The third kappa shape index (κ3) is 4.46. The van der Waals surface area contributed by atoms with Crippen LogP contribution >= 0.6 is 0 Å². The zero-order valence-corrected chi connectivity index (χ0v) is 20.8. The van der Waals surface area contributed by atoms with Crippen LogP contribution in [0.5, 0.6) is 0 Å². The number of anilines is 1. The quantitative estimate of drug-likeness (QED) is 0.460. The summed E-state index contributed by atoms with van der Waals surface area (Å²) in [4.78, 5) is 26.4. The first-order valence-electron chi connectivity index (χ1n) is 10.8. The SMILES string of the molecule is CC(C)C1(C(=O)Nc2ccc(C(O)(C(F)(F)F)C(F)(F)F)cc2)c2ccc(S(C)(=O)=O)cc2CN1C(=O)O. The lowest BCUT2D eigenvalue weighted by Gasteiger charge is -2.39. The summed E-state index contributed by atoms with van der Waals surface area (Å²) in [5.41, 5.74) is -8.51. The Morgan fingerprint density at radius 1 is 1.00 bits per heavy atom. The zero-order chi connectivity index (χ0) is 29.1. The van der Waals surface area contributed by atoms with Crippen LogP contribution < -0.4 is 5.32 Å². The zero-order valence-electron chi connectivity index (χ0n) is 20.0. The van der Waals surface area contributed by atoms with E-state index in [1.165, 1.54) is 32.0 Å². The van der Waals surface area contributed by atoms with Gasteiger partial charge in [0.05, 0.1) is 11.4 Å². The van der Waals surface area contributed by atoms with E-state index in [1.54, 1.807) is 0 Å². The summed E-state index contributed by atoms with van der Waals surface area (Å²) in [6.45, 7) is 2.68. The second-order valence-electron chi connectivity index (χ2n) is 9.12. The lowest BCUT2D eigenvalue weighted by atomic mass is 9.78. The molecule has 1 aliphatic heterocycles. The van der Waals surface area contributed by atoms with Crippen molar-refractivity contribution in [3.05, 3.63) is 59.2 Å². The van der Waals surface area contributed by atoms with Gasteiger partial charge in [0.25, 0.3) is 11.5 Å². The van der Waals surface area contributed by atoms with Gasteiger partial charge < -0.3 is 15.5 Å². The number of hydrogen-bond acceptors (Lipinski definition) is 5. The Labute approximate surface area is 212 Å². The average molecular weight is 568 g/mol. The third-order valence-corrected chi connectivity index (χ3v) is 7.57. The normalized spacial score (nSPS) is 18.4. The molecule has 0 fully saturated rings. The molecule has 0 saturated carbocycles. The highest BCUT2D eigenvalue weighted by Crippen LogP contribution is 2.50. The maximum atomic E-state index is 13.6. The van der Waals surface area contributed by atoms with Crippen molar-refractivity contribution in [2.45, 2.75) is 48.8 Å². The molecule has 0 saturated heterocycles. The Morgan fingerprint density at radius 2 is 1.53 bits per heavy atom. The Balaban J connectivity index is 2.07. The van der Waals surface area contributed by atoms with E-state index in [0.717, 1.165) is 11.2 Å². The summed E-state index contributed by atoms with van der Waals surface area (Å²) in [5.74, 6) is -1.74. The lowest BCUT2D eigenvalue weighted by molar-refractivity contribution is -0.376. The summed E-state index contributed by atoms with van der Waals surface area (Å²) < 4.78 is 103. The van der Waals surface area contributed by atoms with Crippen molar-refractivity contribution in [3.8, 4) is 0 Å². The number of halogens is 6. The predicted molar refractivity (Wildman–Crippen MR) is 121 cm³/mol. The fourth-order valence-electron chi connectivity index (χ4n) is 4.60. The molecule has 0 aliphatic carbocycles. The van der Waals surface area contributed by atoms with Gasteiger partial charge in [0.15, 0.2) is 15.4 Å². The summed E-state index contributed by atoms with van der Waals surface area (Å²) >= 11 is 0. The molecule has 0 bridgehead atoms. The van der Waals surface area contributed by atoms with Crippen LogP contribution in [-0.2, 0) is 32.3 Å². The fraction of sp³-hybridized carbons (Fsp3) is 0.391. The second kappa shape index (κ2) is 9.15. The predicted octanol–water partition coefficient (Wildman–Crippen LogP) is 4.39. The molecular weight excluding hydrogens is 546 g/mol. The topological polar surface area (TPSA) is 124 Å². The number of carbonyl (C=O) groups excluding carboxylic acids is 1. The van der Waals surface area contributed by atoms with Gasteiger partial charge in [-0.25, -0.2) is 13.2 Å². The van der Waals surface area contributed by atoms with Crippen LogP contribution in [0.15, 0.2) is 47.4 Å². The minimum Gasteiger partial charge on any atom is -0.465 e. The maximum absolute atomic E-state index is 13.6. The molecule has 3 N–H and O–H groups in total. The van der Waals surface area contributed by atoms with Crippen molar-refractivity contribution >= 4 is 27.5 Å². The summed E-state index contributed by atoms with van der Waals surface area (Å²) in [6.07, 6.45) is -12.8. The molecule has 38 heavy (non-hydrogen) atoms. The van der Waals surface area contributed by atoms with Gasteiger partial charge in [0.1, 0.15) is 0 Å². The van der Waals surface area contributed by atoms with Crippen LogP contribution in [0.2, 0.25) is 0 Å². The highest BCUT2D eigenvalue weighted by Gasteiger charge is 2.71. The molecule has 0 radical (unpaired) electrons. The number of hydrogen-bond donors (Lipinski definition) is 3. The van der Waals surface area contributed by atoms with Crippen molar-refractivity contribution in [1.29, 1.82) is 0 Å². The van der Waals surface area contributed by atoms with Crippen molar-refractivity contribution in [2.24, 2.45) is 5.92 Å². The van der Waals surface area contributed by atoms with E-state index in [0.29, 0.717) is 24.3 Å². The third-order valence-electron chi connectivity index (χ3n) is 6.46. The van der Waals surface area contributed by atoms with Crippen LogP contribution in [0.25, 0.3) is 0 Å². The van der Waals surface area contributed by atoms with Gasteiger partial charge in [-0.1, -0.05) is 32.0 Å². The van der Waals surface area contributed by atoms with E-state index in [2.05, 4.69) is 5.32 Å². The molecule has 15 heteroatoms. The number of sulfone groups is 1.